The molecule has 2 saturated heterocycles. The first-order chi connectivity index (χ1) is 20.8. The highest BCUT2D eigenvalue weighted by atomic mass is 32.1. The van der Waals surface area contributed by atoms with Crippen molar-refractivity contribution in [3.05, 3.63) is 59.0 Å². The molecule has 2 atom stereocenters. The number of likely N-dealkylation sites (tertiary alicyclic amines) is 1. The van der Waals surface area contributed by atoms with Crippen LogP contribution in [0.25, 0.3) is 11.0 Å². The molecule has 3 heterocycles. The van der Waals surface area contributed by atoms with Crippen LogP contribution in [0.1, 0.15) is 56.1 Å². The number of nitrogens with one attached hydrogen (secondary N) is 1. The second kappa shape index (κ2) is 13.7. The molecule has 45 heavy (non-hydrogen) atoms. The standard InChI is InChI=1S/C31H37F3N6O4.H2S/c1-18(36-20-14-23(32)27(34)24(33)15-20)22-12-19(13-25-28(22)37-26(16-35-25)39-8-10-43-11-9-39)29(41)38(5)21-6-7-40(17-21)30(42)44-31(2,3)4;/h12-16,18,21,36H,6-11,17H2,1-5H3;1H2. The van der Waals surface area contributed by atoms with Gasteiger partial charge in [0, 0.05) is 62.2 Å². The average Bonchev–Trinajstić information content (AvgIpc) is 3.48. The first kappa shape index (κ1) is 34.1. The van der Waals surface area contributed by atoms with E-state index in [0.717, 1.165) is 12.1 Å². The second-order valence-corrected chi connectivity index (χ2v) is 12.2. The number of nitrogens with zero attached hydrogens (tertiary/aromatic N) is 5. The normalized spacial score (nSPS) is 17.6. The molecule has 2 unspecified atom stereocenters. The minimum atomic E-state index is -1.55. The Bertz CT molecular complexity index is 1540. The van der Waals surface area contributed by atoms with E-state index in [1.54, 1.807) is 62.9 Å². The number of aromatic nitrogens is 2. The number of benzene rings is 2. The van der Waals surface area contributed by atoms with Crippen LogP contribution in [0, 0.1) is 17.5 Å². The van der Waals surface area contributed by atoms with Gasteiger partial charge in [-0.05, 0) is 46.2 Å². The Morgan fingerprint density at radius 1 is 1.09 bits per heavy atom. The lowest BCUT2D eigenvalue weighted by atomic mass is 10.0. The van der Waals surface area contributed by atoms with Crippen LogP contribution in [0.5, 0.6) is 0 Å². The predicted octanol–water partition coefficient (Wildman–Crippen LogP) is 5.25. The van der Waals surface area contributed by atoms with Gasteiger partial charge in [-0.15, -0.1) is 0 Å². The highest BCUT2D eigenvalue weighted by Gasteiger charge is 2.34. The lowest BCUT2D eigenvalue weighted by Crippen LogP contribution is -2.41. The molecule has 0 spiro atoms. The van der Waals surface area contributed by atoms with Crippen molar-refractivity contribution in [3.63, 3.8) is 0 Å². The first-order valence-corrected chi connectivity index (χ1v) is 14.6. The third kappa shape index (κ3) is 7.72. The summed E-state index contributed by atoms with van der Waals surface area (Å²) in [7, 11) is 1.69. The number of halogens is 3. The molecular formula is C31H39F3N6O4S. The van der Waals surface area contributed by atoms with Gasteiger partial charge in [-0.2, -0.15) is 13.5 Å². The number of morpholine rings is 1. The molecule has 1 N–H and O–H groups in total. The molecule has 2 aromatic carbocycles. The number of ether oxygens (including phenoxy) is 2. The summed E-state index contributed by atoms with van der Waals surface area (Å²) in [5.41, 5.74) is 1.27. The topological polar surface area (TPSA) is 100 Å². The van der Waals surface area contributed by atoms with E-state index in [0.29, 0.717) is 73.8 Å². The summed E-state index contributed by atoms with van der Waals surface area (Å²) >= 11 is 0. The van der Waals surface area contributed by atoms with Gasteiger partial charge in [-0.3, -0.25) is 9.78 Å². The van der Waals surface area contributed by atoms with Crippen LogP contribution >= 0.6 is 13.5 Å². The maximum atomic E-state index is 14.0. The lowest BCUT2D eigenvalue weighted by molar-refractivity contribution is 0.0279. The summed E-state index contributed by atoms with van der Waals surface area (Å²) in [6.45, 7) is 10.3. The fraction of sp³-hybridized carbons (Fsp3) is 0.484. The molecule has 2 aliphatic rings. The summed E-state index contributed by atoms with van der Waals surface area (Å²) in [5.74, 6) is -3.84. The van der Waals surface area contributed by atoms with E-state index in [1.165, 1.54) is 0 Å². The minimum Gasteiger partial charge on any atom is -0.444 e. The average molecular weight is 649 g/mol. The van der Waals surface area contributed by atoms with Crippen molar-refractivity contribution >= 4 is 48.0 Å². The Morgan fingerprint density at radius 3 is 2.40 bits per heavy atom. The number of fused-ring (bicyclic) bond motifs is 1. The van der Waals surface area contributed by atoms with Crippen molar-refractivity contribution < 1.29 is 32.2 Å². The molecule has 2 aliphatic heterocycles. The summed E-state index contributed by atoms with van der Waals surface area (Å²) < 4.78 is 52.5. The van der Waals surface area contributed by atoms with Crippen molar-refractivity contribution in [1.82, 2.24) is 19.8 Å². The summed E-state index contributed by atoms with van der Waals surface area (Å²) in [6.07, 6.45) is 1.81. The Labute approximate surface area is 267 Å². The lowest BCUT2D eigenvalue weighted by Gasteiger charge is -2.28. The fourth-order valence-electron chi connectivity index (χ4n) is 5.42. The maximum Gasteiger partial charge on any atom is 0.410 e. The number of hydrogen-bond donors (Lipinski definition) is 1. The van der Waals surface area contributed by atoms with E-state index in [2.05, 4.69) is 10.3 Å². The van der Waals surface area contributed by atoms with Crippen LogP contribution in [0.15, 0.2) is 30.5 Å². The van der Waals surface area contributed by atoms with E-state index in [4.69, 9.17) is 14.5 Å². The number of hydrogen-bond acceptors (Lipinski definition) is 8. The van der Waals surface area contributed by atoms with E-state index >= 15 is 0 Å². The van der Waals surface area contributed by atoms with E-state index in [1.807, 2.05) is 4.90 Å². The van der Waals surface area contributed by atoms with Gasteiger partial charge in [0.05, 0.1) is 42.5 Å². The van der Waals surface area contributed by atoms with Gasteiger partial charge in [-0.1, -0.05) is 0 Å². The zero-order valence-electron chi connectivity index (χ0n) is 26.0. The molecule has 244 valence electrons. The molecule has 3 aromatic rings. The third-order valence-corrected chi connectivity index (χ3v) is 7.76. The van der Waals surface area contributed by atoms with E-state index in [9.17, 15) is 22.8 Å². The third-order valence-electron chi connectivity index (χ3n) is 7.76. The van der Waals surface area contributed by atoms with Gasteiger partial charge in [0.25, 0.3) is 5.91 Å². The van der Waals surface area contributed by atoms with Crippen LogP contribution in [0.3, 0.4) is 0 Å². The number of likely N-dealkylation sites (N-methyl/N-ethyl adjacent to an activating group) is 1. The maximum absolute atomic E-state index is 14.0. The van der Waals surface area contributed by atoms with Gasteiger partial charge in [0.2, 0.25) is 0 Å². The SMILES string of the molecule is CC(Nc1cc(F)c(F)c(F)c1)c1cc(C(=O)N(C)C2CCN(C(=O)OC(C)(C)C)C2)cc2ncc(N3CCOCC3)nc12.S. The highest BCUT2D eigenvalue weighted by Crippen LogP contribution is 2.30. The molecule has 0 radical (unpaired) electrons. The van der Waals surface area contributed by atoms with Gasteiger partial charge >= 0.3 is 6.09 Å². The number of anilines is 2. The zero-order valence-corrected chi connectivity index (χ0v) is 27.0. The van der Waals surface area contributed by atoms with Gasteiger partial charge in [0.1, 0.15) is 11.4 Å². The van der Waals surface area contributed by atoms with Gasteiger partial charge in [0.15, 0.2) is 17.5 Å². The Balaban J connectivity index is 0.00000461. The van der Waals surface area contributed by atoms with Crippen molar-refractivity contribution in [2.45, 2.75) is 51.8 Å². The van der Waals surface area contributed by atoms with Crippen LogP contribution < -0.4 is 10.2 Å². The summed E-state index contributed by atoms with van der Waals surface area (Å²) in [4.78, 5) is 41.2. The highest BCUT2D eigenvalue weighted by molar-refractivity contribution is 7.59. The molecule has 14 heteroatoms. The smallest absolute Gasteiger partial charge is 0.410 e. The molecule has 0 saturated carbocycles. The Kier molecular flexibility index (Phi) is 10.4. The number of rotatable bonds is 6. The molecule has 0 bridgehead atoms. The predicted molar refractivity (Wildman–Crippen MR) is 170 cm³/mol. The molecule has 10 nitrogen and oxygen atoms in total. The first-order valence-electron chi connectivity index (χ1n) is 14.6. The zero-order chi connectivity index (χ0) is 31.8. The summed E-state index contributed by atoms with van der Waals surface area (Å²) in [6, 6.07) is 4.27. The van der Waals surface area contributed by atoms with Crippen molar-refractivity contribution in [1.29, 1.82) is 0 Å². The quantitative estimate of drug-likeness (QED) is 0.362. The van der Waals surface area contributed by atoms with Crippen molar-refractivity contribution in [3.8, 4) is 0 Å². The second-order valence-electron chi connectivity index (χ2n) is 12.2. The molecule has 1 aromatic heterocycles. The van der Waals surface area contributed by atoms with Crippen LogP contribution in [-0.4, -0.2) is 89.9 Å². The van der Waals surface area contributed by atoms with Gasteiger partial charge < -0.3 is 29.5 Å². The van der Waals surface area contributed by atoms with Gasteiger partial charge in [-0.25, -0.2) is 22.9 Å². The number of amides is 2. The molecule has 5 rings (SSSR count). The molecule has 2 fully saturated rings. The number of carbonyl (C=O) groups excluding carboxylic acids is 2. The Morgan fingerprint density at radius 2 is 1.76 bits per heavy atom. The summed E-state index contributed by atoms with van der Waals surface area (Å²) in [5, 5.41) is 3.01. The van der Waals surface area contributed by atoms with E-state index < -0.39 is 35.2 Å². The fourth-order valence-corrected chi connectivity index (χ4v) is 5.42. The van der Waals surface area contributed by atoms with Crippen LogP contribution in [0.4, 0.5) is 29.5 Å². The number of carbonyl (C=O) groups is 2. The molecular weight excluding hydrogens is 609 g/mol. The van der Waals surface area contributed by atoms with Crippen molar-refractivity contribution in [2.24, 2.45) is 0 Å². The molecule has 0 aliphatic carbocycles. The monoisotopic (exact) mass is 648 g/mol. The molecule has 2 amide bonds. The van der Waals surface area contributed by atoms with Crippen LogP contribution in [-0.2, 0) is 9.47 Å². The Hall–Kier alpha value is -3.78. The van der Waals surface area contributed by atoms with Crippen LogP contribution in [0.2, 0.25) is 0 Å². The van der Waals surface area contributed by atoms with E-state index in [-0.39, 0.29) is 31.1 Å². The largest absolute Gasteiger partial charge is 0.444 e. The minimum absolute atomic E-state index is 0. The van der Waals surface area contributed by atoms with Crippen molar-refractivity contribution in [2.75, 3.05) is 56.7 Å².